The van der Waals surface area contributed by atoms with E-state index in [9.17, 15) is 4.79 Å². The van der Waals surface area contributed by atoms with Crippen LogP contribution < -0.4 is 4.90 Å². The van der Waals surface area contributed by atoms with Crippen LogP contribution in [0.2, 0.25) is 0 Å². The summed E-state index contributed by atoms with van der Waals surface area (Å²) in [5.41, 5.74) is 2.52. The number of piperidine rings is 1. The molecule has 3 saturated heterocycles. The first kappa shape index (κ1) is 11.4. The molecule has 0 aromatic heterocycles. The molecule has 0 aliphatic carbocycles. The van der Waals surface area contributed by atoms with E-state index in [-0.39, 0.29) is 6.09 Å². The number of amides is 1. The van der Waals surface area contributed by atoms with Crippen molar-refractivity contribution in [2.45, 2.75) is 25.4 Å². The highest BCUT2D eigenvalue weighted by molar-refractivity contribution is 5.70. The van der Waals surface area contributed by atoms with Gasteiger partial charge < -0.3 is 9.64 Å². The van der Waals surface area contributed by atoms with Gasteiger partial charge in [0, 0.05) is 18.8 Å². The molecule has 1 amide bonds. The molecular weight excluding hydrogens is 228 g/mol. The van der Waals surface area contributed by atoms with Crippen molar-refractivity contribution in [1.29, 1.82) is 0 Å². The molecule has 2 unspecified atom stereocenters. The highest BCUT2D eigenvalue weighted by Crippen LogP contribution is 2.34. The first-order valence-corrected chi connectivity index (χ1v) is 6.37. The van der Waals surface area contributed by atoms with Crippen LogP contribution in [0.3, 0.4) is 0 Å². The lowest BCUT2D eigenvalue weighted by atomic mass is 9.87. The zero-order valence-electron chi connectivity index (χ0n) is 10.8. The van der Waals surface area contributed by atoms with E-state index in [1.54, 1.807) is 0 Å². The Morgan fingerprint density at radius 1 is 1.22 bits per heavy atom. The first-order valence-electron chi connectivity index (χ1n) is 6.37. The van der Waals surface area contributed by atoms with Crippen LogP contribution in [-0.2, 0) is 4.74 Å². The average molecular weight is 246 g/mol. The fraction of sp³-hybridized carbons (Fsp3) is 0.500. The van der Waals surface area contributed by atoms with E-state index >= 15 is 0 Å². The lowest BCUT2D eigenvalue weighted by Gasteiger charge is -2.55. The normalized spacial score (nSPS) is 25.7. The zero-order chi connectivity index (χ0) is 12.7. The van der Waals surface area contributed by atoms with Crippen molar-refractivity contribution >= 4 is 11.8 Å². The number of methoxy groups -OCH3 is 1. The Hall–Kier alpha value is -1.71. The SMILES string of the molecule is COC(=O)N1C2CC1CN(c1ccc(C)cc1)C2. The van der Waals surface area contributed by atoms with Crippen molar-refractivity contribution < 1.29 is 9.53 Å². The maximum Gasteiger partial charge on any atom is 0.410 e. The van der Waals surface area contributed by atoms with E-state index in [1.807, 2.05) is 4.90 Å². The van der Waals surface area contributed by atoms with Gasteiger partial charge in [0.15, 0.2) is 0 Å². The van der Waals surface area contributed by atoms with Crippen molar-refractivity contribution in [3.05, 3.63) is 29.8 Å². The third-order valence-electron chi connectivity index (χ3n) is 3.98. The van der Waals surface area contributed by atoms with E-state index in [0.29, 0.717) is 12.1 Å². The number of carbonyl (C=O) groups is 1. The van der Waals surface area contributed by atoms with Crippen molar-refractivity contribution in [3.63, 3.8) is 0 Å². The molecule has 4 rings (SSSR count). The number of ether oxygens (including phenoxy) is 1. The van der Waals surface area contributed by atoms with Gasteiger partial charge in [-0.25, -0.2) is 4.79 Å². The Morgan fingerprint density at radius 2 is 1.83 bits per heavy atom. The summed E-state index contributed by atoms with van der Waals surface area (Å²) in [4.78, 5) is 15.8. The number of hydrogen-bond donors (Lipinski definition) is 0. The van der Waals surface area contributed by atoms with Gasteiger partial charge in [-0.3, -0.25) is 4.90 Å². The summed E-state index contributed by atoms with van der Waals surface area (Å²) in [6.45, 7) is 3.92. The number of hydrogen-bond acceptors (Lipinski definition) is 3. The van der Waals surface area contributed by atoms with Gasteiger partial charge in [-0.1, -0.05) is 17.7 Å². The van der Waals surface area contributed by atoms with Gasteiger partial charge in [0.05, 0.1) is 19.2 Å². The number of carbonyl (C=O) groups excluding carboxylic acids is 1. The molecule has 0 spiro atoms. The predicted molar refractivity (Wildman–Crippen MR) is 69.8 cm³/mol. The molecule has 0 saturated carbocycles. The Labute approximate surface area is 107 Å². The van der Waals surface area contributed by atoms with Crippen molar-refractivity contribution in [3.8, 4) is 0 Å². The minimum Gasteiger partial charge on any atom is -0.453 e. The number of aryl methyl sites for hydroxylation is 1. The molecule has 2 bridgehead atoms. The summed E-state index contributed by atoms with van der Waals surface area (Å²) >= 11 is 0. The number of rotatable bonds is 1. The molecular formula is C14H18N2O2. The van der Waals surface area contributed by atoms with E-state index < -0.39 is 0 Å². The molecule has 18 heavy (non-hydrogen) atoms. The maximum absolute atomic E-state index is 11.6. The van der Waals surface area contributed by atoms with Crippen LogP contribution in [0.5, 0.6) is 0 Å². The monoisotopic (exact) mass is 246 g/mol. The molecule has 1 aromatic carbocycles. The quantitative estimate of drug-likeness (QED) is 0.760. The maximum atomic E-state index is 11.6. The molecule has 4 nitrogen and oxygen atoms in total. The van der Waals surface area contributed by atoms with Crippen LogP contribution in [0.15, 0.2) is 24.3 Å². The number of nitrogens with zero attached hydrogens (tertiary/aromatic N) is 2. The van der Waals surface area contributed by atoms with Crippen LogP contribution in [0.25, 0.3) is 0 Å². The van der Waals surface area contributed by atoms with E-state index in [4.69, 9.17) is 4.74 Å². The number of benzene rings is 1. The third kappa shape index (κ3) is 1.72. The van der Waals surface area contributed by atoms with Crippen molar-refractivity contribution in [2.75, 3.05) is 25.1 Å². The lowest BCUT2D eigenvalue weighted by Crippen LogP contribution is -2.70. The minimum absolute atomic E-state index is 0.181. The van der Waals surface area contributed by atoms with Crippen molar-refractivity contribution in [1.82, 2.24) is 4.90 Å². The van der Waals surface area contributed by atoms with E-state index in [0.717, 1.165) is 19.5 Å². The second-order valence-corrected chi connectivity index (χ2v) is 5.16. The van der Waals surface area contributed by atoms with E-state index in [1.165, 1.54) is 18.4 Å². The summed E-state index contributed by atoms with van der Waals surface area (Å²) in [6.07, 6.45) is 0.928. The lowest BCUT2D eigenvalue weighted by molar-refractivity contribution is 0.00317. The second-order valence-electron chi connectivity index (χ2n) is 5.16. The summed E-state index contributed by atoms with van der Waals surface area (Å²) in [7, 11) is 1.45. The molecule has 1 aromatic rings. The first-order chi connectivity index (χ1) is 8.69. The van der Waals surface area contributed by atoms with Crippen LogP contribution in [0.1, 0.15) is 12.0 Å². The van der Waals surface area contributed by atoms with Crippen molar-refractivity contribution in [2.24, 2.45) is 0 Å². The smallest absolute Gasteiger partial charge is 0.410 e. The highest BCUT2D eigenvalue weighted by Gasteiger charge is 2.47. The van der Waals surface area contributed by atoms with Gasteiger partial charge >= 0.3 is 6.09 Å². The van der Waals surface area contributed by atoms with Crippen LogP contribution in [0.4, 0.5) is 10.5 Å². The van der Waals surface area contributed by atoms with E-state index in [2.05, 4.69) is 36.1 Å². The Balaban J connectivity index is 1.70. The fourth-order valence-corrected chi connectivity index (χ4v) is 2.98. The minimum atomic E-state index is -0.181. The van der Waals surface area contributed by atoms with Crippen LogP contribution in [-0.4, -0.2) is 43.3 Å². The molecule has 3 fully saturated rings. The summed E-state index contributed by atoms with van der Waals surface area (Å²) < 4.78 is 4.82. The summed E-state index contributed by atoms with van der Waals surface area (Å²) in [5.74, 6) is 0. The predicted octanol–water partition coefficient (Wildman–Crippen LogP) is 2.02. The van der Waals surface area contributed by atoms with Gasteiger partial charge in [0.25, 0.3) is 0 Å². The Morgan fingerprint density at radius 3 is 2.39 bits per heavy atom. The third-order valence-corrected chi connectivity index (χ3v) is 3.98. The largest absolute Gasteiger partial charge is 0.453 e. The molecule has 3 aliphatic rings. The summed E-state index contributed by atoms with van der Waals surface area (Å²) in [6, 6.07) is 9.21. The van der Waals surface area contributed by atoms with Gasteiger partial charge in [-0.15, -0.1) is 0 Å². The number of fused-ring (bicyclic) bond motifs is 2. The molecule has 96 valence electrons. The topological polar surface area (TPSA) is 32.8 Å². The van der Waals surface area contributed by atoms with Crippen LogP contribution >= 0.6 is 0 Å². The molecule has 0 N–H and O–H groups in total. The van der Waals surface area contributed by atoms with Gasteiger partial charge in [-0.05, 0) is 25.5 Å². The molecule has 3 aliphatic heterocycles. The highest BCUT2D eigenvalue weighted by atomic mass is 16.5. The molecule has 4 heteroatoms. The summed E-state index contributed by atoms with van der Waals surface area (Å²) in [5, 5.41) is 0. The Bertz CT molecular complexity index is 445. The second kappa shape index (κ2) is 4.19. The molecule has 0 radical (unpaired) electrons. The molecule has 2 atom stereocenters. The molecule has 3 heterocycles. The Kier molecular flexibility index (Phi) is 2.65. The van der Waals surface area contributed by atoms with Crippen LogP contribution in [0, 0.1) is 6.92 Å². The van der Waals surface area contributed by atoms with Gasteiger partial charge in [0.2, 0.25) is 0 Å². The number of anilines is 1. The zero-order valence-corrected chi connectivity index (χ0v) is 10.8. The number of piperazine rings is 1. The standard InChI is InChI=1S/C14H18N2O2/c1-10-3-5-11(6-4-10)15-8-12-7-13(9-15)16(12)14(17)18-2/h3-6,12-13H,7-9H2,1-2H3. The van der Waals surface area contributed by atoms with Gasteiger partial charge in [0.1, 0.15) is 0 Å². The average Bonchev–Trinajstić information content (AvgIpc) is 2.39. The fourth-order valence-electron chi connectivity index (χ4n) is 2.98. The van der Waals surface area contributed by atoms with Gasteiger partial charge in [-0.2, -0.15) is 0 Å².